The lowest BCUT2D eigenvalue weighted by Crippen LogP contribution is -2.03. The van der Waals surface area contributed by atoms with Gasteiger partial charge in [-0.2, -0.15) is 0 Å². The molecule has 0 atom stereocenters. The molecule has 86 heavy (non-hydrogen) atoms. The van der Waals surface area contributed by atoms with Gasteiger partial charge in [-0.1, -0.05) is 379 Å². The zero-order chi connectivity index (χ0) is 61.7. The van der Waals surface area contributed by atoms with Crippen LogP contribution in [0.15, 0.2) is 47.5 Å². The van der Waals surface area contributed by atoms with E-state index in [1.54, 1.807) is 0 Å². The molecule has 0 fully saturated rings. The summed E-state index contributed by atoms with van der Waals surface area (Å²) in [5.74, 6) is 17.8. The predicted molar refractivity (Wildman–Crippen MR) is 385 cm³/mol. The van der Waals surface area contributed by atoms with Crippen molar-refractivity contribution in [3.05, 3.63) is 86.5 Å². The number of nitrogens with zero attached hydrogens (tertiary/aromatic N) is 2. The lowest BCUT2D eigenvalue weighted by atomic mass is 9.83. The number of unbranched alkanes of at least 4 members (excludes halogenated alkanes) is 48. The van der Waals surface area contributed by atoms with Crippen molar-refractivity contribution in [2.75, 3.05) is 0 Å². The minimum atomic E-state index is 0.840. The van der Waals surface area contributed by atoms with Gasteiger partial charge >= 0.3 is 5.87 Å². The Balaban J connectivity index is 2.09. The highest BCUT2D eigenvalue weighted by Gasteiger charge is 2.20. The van der Waals surface area contributed by atoms with Crippen molar-refractivity contribution in [1.82, 2.24) is 0 Å². The summed E-state index contributed by atoms with van der Waals surface area (Å²) in [6.45, 7) is 13.8. The van der Waals surface area contributed by atoms with E-state index in [1.807, 2.05) is 0 Å². The van der Waals surface area contributed by atoms with E-state index in [0.29, 0.717) is 0 Å². The Bertz CT molecular complexity index is 2020. The fourth-order valence-corrected chi connectivity index (χ4v) is 12.8. The molecule has 0 saturated heterocycles. The molecule has 2 rings (SSSR count). The standard InChI is InChI=1S/C84H140N2/c1-7-13-19-21-23-25-27-29-31-33-35-37-39-41-43-45-47-49-51-53-55-57-59-61-65-78-70-79(66-62-60-58-56-54-52-50-48-46-44-42-40-38-36-34-32-30-28-26-24-22-20-14-8-2)74-82(73-78)84(83(68-18-12-6)80(75-86-85)67-17-11-5)81-71-76(63-15-9-3)69-77(72-81)64-16-10-4/h69-74H,7-60,63-64,67-68H2,1-6H3. The van der Waals surface area contributed by atoms with Gasteiger partial charge in [0, 0.05) is 24.0 Å². The van der Waals surface area contributed by atoms with E-state index < -0.39 is 0 Å². The van der Waals surface area contributed by atoms with Crippen LogP contribution in [0.2, 0.25) is 0 Å². The van der Waals surface area contributed by atoms with Crippen molar-refractivity contribution in [3.8, 4) is 23.7 Å². The van der Waals surface area contributed by atoms with Crippen LogP contribution in [-0.4, -0.2) is 10.7 Å². The summed E-state index contributed by atoms with van der Waals surface area (Å²) in [4.78, 5) is 3.61. The van der Waals surface area contributed by atoms with Gasteiger partial charge in [-0.3, -0.25) is 0 Å². The van der Waals surface area contributed by atoms with Crippen LogP contribution >= 0.6 is 0 Å². The van der Waals surface area contributed by atoms with Crippen LogP contribution in [0.25, 0.3) is 11.1 Å². The third-order valence-corrected chi connectivity index (χ3v) is 18.4. The van der Waals surface area contributed by atoms with Gasteiger partial charge in [0.1, 0.15) is 0 Å². The van der Waals surface area contributed by atoms with Crippen molar-refractivity contribution >= 4 is 11.4 Å². The number of benzene rings is 2. The monoisotopic (exact) mass is 1180 g/mol. The van der Waals surface area contributed by atoms with Crippen molar-refractivity contribution < 1.29 is 4.79 Å². The molecule has 0 bridgehead atoms. The van der Waals surface area contributed by atoms with Crippen LogP contribution in [0.1, 0.15) is 434 Å². The number of hydrogen-bond donors (Lipinski definition) is 0. The van der Waals surface area contributed by atoms with Crippen molar-refractivity contribution in [2.45, 2.75) is 414 Å². The molecule has 0 aliphatic heterocycles. The molecule has 0 heterocycles. The van der Waals surface area contributed by atoms with Gasteiger partial charge in [-0.25, -0.2) is 0 Å². The van der Waals surface area contributed by atoms with Crippen LogP contribution in [0.5, 0.6) is 0 Å². The molecule has 0 aliphatic carbocycles. The first-order valence-electron chi connectivity index (χ1n) is 38.5. The van der Waals surface area contributed by atoms with Crippen molar-refractivity contribution in [1.29, 1.82) is 0 Å². The summed E-state index contributed by atoms with van der Waals surface area (Å²) in [6, 6.07) is 14.4. The Morgan fingerprint density at radius 2 is 0.581 bits per heavy atom. The predicted octanol–water partition coefficient (Wildman–Crippen LogP) is 28.1. The zero-order valence-electron chi connectivity index (χ0n) is 58.4. The molecule has 0 saturated carbocycles. The fourth-order valence-electron chi connectivity index (χ4n) is 12.8. The first kappa shape index (κ1) is 78.6. The second kappa shape index (κ2) is 60.4. The largest absolute Gasteiger partial charge is 0.348 e. The van der Waals surface area contributed by atoms with Crippen LogP contribution in [0, 0.1) is 23.7 Å². The second-order valence-corrected chi connectivity index (χ2v) is 26.7. The van der Waals surface area contributed by atoms with Gasteiger partial charge in [0.2, 0.25) is 0 Å². The maximum absolute atomic E-state index is 10.2. The molecule has 0 N–H and O–H groups in total. The van der Waals surface area contributed by atoms with Gasteiger partial charge in [0.25, 0.3) is 0 Å². The molecule has 2 aromatic carbocycles. The summed E-state index contributed by atoms with van der Waals surface area (Å²) in [6.07, 6.45) is 76.8. The second-order valence-electron chi connectivity index (χ2n) is 26.7. The Morgan fingerprint density at radius 3 is 0.884 bits per heavy atom. The molecule has 0 aromatic heterocycles. The van der Waals surface area contributed by atoms with Crippen molar-refractivity contribution in [3.63, 3.8) is 0 Å². The Labute approximate surface area is 537 Å². The van der Waals surface area contributed by atoms with Gasteiger partial charge in [0.15, 0.2) is 0 Å². The highest BCUT2D eigenvalue weighted by atomic mass is 14.8. The third-order valence-electron chi connectivity index (χ3n) is 18.4. The lowest BCUT2D eigenvalue weighted by molar-refractivity contribution is 0.00739. The normalized spacial score (nSPS) is 11.5. The first-order valence-corrected chi connectivity index (χ1v) is 38.5. The molecule has 2 nitrogen and oxygen atoms in total. The number of hydrogen-bond acceptors (Lipinski definition) is 0. The number of rotatable bonds is 59. The number of aryl methyl sites for hydroxylation is 2. The summed E-state index contributed by atoms with van der Waals surface area (Å²) < 4.78 is 0. The van der Waals surface area contributed by atoms with Crippen LogP contribution in [-0.2, 0) is 12.8 Å². The van der Waals surface area contributed by atoms with Crippen LogP contribution in [0.4, 0.5) is 0 Å². The Hall–Kier alpha value is -3.54. The van der Waals surface area contributed by atoms with Gasteiger partial charge in [0.05, 0.1) is 5.57 Å². The SMILES string of the molecule is CCCCCCCCCCCCCCCCCCCCCCCCC#Cc1cc(C#CCCCCCCCCCCCCCCCCCCCCCCCC)cc(C(=C(CCCC)C(=C=[N+]=[N-])CCCC)c2cc(CCCC)cc(CCCC)c2)c1. The summed E-state index contributed by atoms with van der Waals surface area (Å²) in [5.41, 5.74) is 21.1. The molecular weight excluding hydrogens is 1040 g/mol. The zero-order valence-corrected chi connectivity index (χ0v) is 58.4. The molecular formula is C84H140N2. The number of allylic oxidation sites excluding steroid dienone is 2. The minimum Gasteiger partial charge on any atom is -0.348 e. The minimum absolute atomic E-state index is 0.840. The first-order chi connectivity index (χ1) is 42.5. The maximum Gasteiger partial charge on any atom is 0.303 e. The summed E-state index contributed by atoms with van der Waals surface area (Å²) in [7, 11) is 0. The van der Waals surface area contributed by atoms with Gasteiger partial charge < -0.3 is 5.53 Å². The molecule has 2 heteroatoms. The van der Waals surface area contributed by atoms with E-state index in [4.69, 9.17) is 0 Å². The van der Waals surface area contributed by atoms with Gasteiger partial charge in [-0.15, -0.1) is 4.79 Å². The highest BCUT2D eigenvalue weighted by molar-refractivity contribution is 5.88. The maximum atomic E-state index is 10.2. The lowest BCUT2D eigenvalue weighted by Gasteiger charge is -2.20. The fraction of sp³-hybridized carbons (Fsp3) is 0.762. The summed E-state index contributed by atoms with van der Waals surface area (Å²) >= 11 is 0. The highest BCUT2D eigenvalue weighted by Crippen LogP contribution is 2.37. The average molecular weight is 1180 g/mol. The topological polar surface area (TPSA) is 36.4 Å². The third kappa shape index (κ3) is 44.0. The smallest absolute Gasteiger partial charge is 0.303 e. The molecule has 2 aromatic rings. The van der Waals surface area contributed by atoms with E-state index >= 15 is 0 Å². The Morgan fingerprint density at radius 1 is 0.302 bits per heavy atom. The molecule has 0 spiro atoms. The van der Waals surface area contributed by atoms with E-state index in [2.05, 4.69) is 112 Å². The van der Waals surface area contributed by atoms with Gasteiger partial charge in [-0.05, 0) is 116 Å². The molecule has 0 unspecified atom stereocenters. The molecule has 0 aliphatic rings. The van der Waals surface area contributed by atoms with Crippen LogP contribution < -0.4 is 0 Å². The molecule has 0 radical (unpaired) electrons. The summed E-state index contributed by atoms with van der Waals surface area (Å²) in [5, 5.41) is 0. The van der Waals surface area contributed by atoms with Crippen molar-refractivity contribution in [2.24, 2.45) is 0 Å². The van der Waals surface area contributed by atoms with E-state index in [-0.39, 0.29) is 0 Å². The average Bonchev–Trinajstić information content (AvgIpc) is 2.13. The van der Waals surface area contributed by atoms with Crippen LogP contribution in [0.3, 0.4) is 0 Å². The quantitative estimate of drug-likeness (QED) is 0.0158. The van der Waals surface area contributed by atoms with E-state index in [0.717, 1.165) is 80.9 Å². The Kier molecular flexibility index (Phi) is 55.1. The van der Waals surface area contributed by atoms with E-state index in [1.165, 1.54) is 342 Å². The molecule has 0 amide bonds. The van der Waals surface area contributed by atoms with E-state index in [9.17, 15) is 5.53 Å². The molecule has 486 valence electrons.